The molecule has 2 heterocycles. The van der Waals surface area contributed by atoms with Gasteiger partial charge in [0.05, 0.1) is 5.54 Å². The van der Waals surface area contributed by atoms with Crippen LogP contribution in [0.3, 0.4) is 0 Å². The van der Waals surface area contributed by atoms with Crippen molar-refractivity contribution in [2.24, 2.45) is 0 Å². The number of aryl methyl sites for hydroxylation is 1. The Morgan fingerprint density at radius 3 is 2.29 bits per heavy atom. The lowest BCUT2D eigenvalue weighted by Crippen LogP contribution is -2.78. The Bertz CT molecular complexity index is 539. The van der Waals surface area contributed by atoms with Gasteiger partial charge in [-0.15, -0.1) is 0 Å². The smallest absolute Gasteiger partial charge is 0.410 e. The van der Waals surface area contributed by atoms with Crippen LogP contribution in [0.5, 0.6) is 0 Å². The summed E-state index contributed by atoms with van der Waals surface area (Å²) in [6, 6.07) is 8.57. The van der Waals surface area contributed by atoms with Gasteiger partial charge in [-0.05, 0) is 46.2 Å². The van der Waals surface area contributed by atoms with Crippen molar-refractivity contribution in [3.63, 3.8) is 0 Å². The van der Waals surface area contributed by atoms with E-state index in [1.807, 2.05) is 25.7 Å². The summed E-state index contributed by atoms with van der Waals surface area (Å²) in [5.41, 5.74) is 2.09. The minimum atomic E-state index is -0.422. The molecule has 1 aromatic carbocycles. The fourth-order valence-corrected chi connectivity index (χ4v) is 3.07. The van der Waals surface area contributed by atoms with Gasteiger partial charge in [0.15, 0.2) is 0 Å². The third-order valence-corrected chi connectivity index (χ3v) is 4.36. The fraction of sp³-hybridized carbons (Fsp3) is 0.588. The molecule has 2 saturated heterocycles. The average Bonchev–Trinajstić information content (AvgIpc) is 2.25. The normalized spacial score (nSPS) is 20.0. The molecule has 1 spiro atoms. The molecule has 0 N–H and O–H groups in total. The first kappa shape index (κ1) is 14.2. The number of likely N-dealkylation sites (tertiary alicyclic amines) is 1. The lowest BCUT2D eigenvalue weighted by atomic mass is 9.77. The molecule has 1 aromatic rings. The van der Waals surface area contributed by atoms with Crippen LogP contribution in [-0.2, 0) is 4.74 Å². The van der Waals surface area contributed by atoms with Crippen LogP contribution in [0.1, 0.15) is 32.8 Å². The summed E-state index contributed by atoms with van der Waals surface area (Å²) in [4.78, 5) is 16.5. The van der Waals surface area contributed by atoms with Crippen LogP contribution in [0.15, 0.2) is 24.3 Å². The van der Waals surface area contributed by atoms with E-state index in [1.54, 1.807) is 0 Å². The number of anilines is 1. The molecular formula is C17H24N2O2. The zero-order chi connectivity index (χ0) is 15.3. The highest BCUT2D eigenvalue weighted by molar-refractivity contribution is 5.72. The molecule has 0 saturated carbocycles. The van der Waals surface area contributed by atoms with Crippen molar-refractivity contribution < 1.29 is 9.53 Å². The van der Waals surface area contributed by atoms with Gasteiger partial charge < -0.3 is 9.64 Å². The highest BCUT2D eigenvalue weighted by Gasteiger charge is 2.56. The van der Waals surface area contributed by atoms with Crippen LogP contribution in [0.2, 0.25) is 0 Å². The van der Waals surface area contributed by atoms with Gasteiger partial charge in [-0.1, -0.05) is 17.7 Å². The molecule has 0 aliphatic carbocycles. The minimum absolute atomic E-state index is 0.00716. The zero-order valence-corrected chi connectivity index (χ0v) is 13.3. The molecule has 2 aliphatic rings. The molecule has 0 radical (unpaired) electrons. The molecular weight excluding hydrogens is 264 g/mol. The van der Waals surface area contributed by atoms with Crippen LogP contribution in [0.4, 0.5) is 10.5 Å². The number of nitrogens with zero attached hydrogens (tertiary/aromatic N) is 2. The number of carbonyl (C=O) groups is 1. The van der Waals surface area contributed by atoms with E-state index >= 15 is 0 Å². The van der Waals surface area contributed by atoms with E-state index in [0.29, 0.717) is 0 Å². The monoisotopic (exact) mass is 288 g/mol. The van der Waals surface area contributed by atoms with Gasteiger partial charge in [0, 0.05) is 25.3 Å². The highest BCUT2D eigenvalue weighted by Crippen LogP contribution is 2.42. The Balaban J connectivity index is 1.61. The molecule has 2 fully saturated rings. The van der Waals surface area contributed by atoms with E-state index in [2.05, 4.69) is 36.1 Å². The second-order valence-electron chi connectivity index (χ2n) is 7.30. The average molecular weight is 288 g/mol. The van der Waals surface area contributed by atoms with Crippen LogP contribution in [0, 0.1) is 6.92 Å². The molecule has 21 heavy (non-hydrogen) atoms. The molecule has 114 valence electrons. The molecule has 3 rings (SSSR count). The second-order valence-corrected chi connectivity index (χ2v) is 7.30. The lowest BCUT2D eigenvalue weighted by Gasteiger charge is -2.62. The number of benzene rings is 1. The maximum absolute atomic E-state index is 12.2. The van der Waals surface area contributed by atoms with Gasteiger partial charge in [-0.3, -0.25) is 4.90 Å². The fourth-order valence-electron chi connectivity index (χ4n) is 3.07. The molecule has 1 amide bonds. The van der Waals surface area contributed by atoms with Crippen molar-refractivity contribution in [1.29, 1.82) is 0 Å². The topological polar surface area (TPSA) is 32.8 Å². The third kappa shape index (κ3) is 2.59. The SMILES string of the molecule is Cc1ccc(N2CC3(CCN3C(=O)OC(C)(C)C)C2)cc1. The number of amides is 1. The van der Waals surface area contributed by atoms with E-state index in [1.165, 1.54) is 11.3 Å². The second kappa shape index (κ2) is 4.65. The van der Waals surface area contributed by atoms with Crippen LogP contribution >= 0.6 is 0 Å². The number of hydrogen-bond donors (Lipinski definition) is 0. The van der Waals surface area contributed by atoms with Gasteiger partial charge in [0.1, 0.15) is 5.60 Å². The Hall–Kier alpha value is -1.71. The first-order chi connectivity index (χ1) is 9.79. The number of rotatable bonds is 1. The van der Waals surface area contributed by atoms with Gasteiger partial charge in [-0.25, -0.2) is 4.79 Å². The number of carbonyl (C=O) groups excluding carboxylic acids is 1. The maximum Gasteiger partial charge on any atom is 0.410 e. The Labute approximate surface area is 126 Å². The lowest BCUT2D eigenvalue weighted by molar-refractivity contribution is -0.0560. The summed E-state index contributed by atoms with van der Waals surface area (Å²) in [7, 11) is 0. The van der Waals surface area contributed by atoms with Crippen molar-refractivity contribution in [1.82, 2.24) is 4.90 Å². The first-order valence-corrected chi connectivity index (χ1v) is 7.61. The summed E-state index contributed by atoms with van der Waals surface area (Å²) >= 11 is 0. The summed E-state index contributed by atoms with van der Waals surface area (Å²) in [6.07, 6.45) is 0.909. The predicted octanol–water partition coefficient (Wildman–Crippen LogP) is 3.19. The molecule has 0 aromatic heterocycles. The number of hydrogen-bond acceptors (Lipinski definition) is 3. The molecule has 0 unspecified atom stereocenters. The molecule has 4 heteroatoms. The Kier molecular flexibility index (Phi) is 3.15. The van der Waals surface area contributed by atoms with E-state index in [-0.39, 0.29) is 11.6 Å². The summed E-state index contributed by atoms with van der Waals surface area (Å²) in [5.74, 6) is 0. The molecule has 0 atom stereocenters. The van der Waals surface area contributed by atoms with Crippen LogP contribution in [-0.4, -0.2) is 41.8 Å². The van der Waals surface area contributed by atoms with E-state index in [9.17, 15) is 4.79 Å². The quantitative estimate of drug-likeness (QED) is 0.795. The Morgan fingerprint density at radius 2 is 1.81 bits per heavy atom. The van der Waals surface area contributed by atoms with Gasteiger partial charge in [-0.2, -0.15) is 0 Å². The van der Waals surface area contributed by atoms with Gasteiger partial charge >= 0.3 is 6.09 Å². The Morgan fingerprint density at radius 1 is 1.19 bits per heavy atom. The van der Waals surface area contributed by atoms with Crippen molar-refractivity contribution in [3.8, 4) is 0 Å². The first-order valence-electron chi connectivity index (χ1n) is 7.61. The van der Waals surface area contributed by atoms with Gasteiger partial charge in [0.2, 0.25) is 0 Å². The van der Waals surface area contributed by atoms with Crippen molar-refractivity contribution in [2.75, 3.05) is 24.5 Å². The molecule has 2 aliphatic heterocycles. The molecule has 0 bridgehead atoms. The van der Waals surface area contributed by atoms with E-state index < -0.39 is 5.60 Å². The third-order valence-electron chi connectivity index (χ3n) is 4.36. The summed E-state index contributed by atoms with van der Waals surface area (Å²) in [5, 5.41) is 0. The van der Waals surface area contributed by atoms with Crippen LogP contribution in [0.25, 0.3) is 0 Å². The summed E-state index contributed by atoms with van der Waals surface area (Å²) in [6.45, 7) is 10.5. The maximum atomic E-state index is 12.2. The standard InChI is InChI=1S/C17H24N2O2/c1-13-5-7-14(8-6-13)18-11-17(12-18)9-10-19(17)15(20)21-16(2,3)4/h5-8H,9-12H2,1-4H3. The van der Waals surface area contributed by atoms with Gasteiger partial charge in [0.25, 0.3) is 0 Å². The predicted molar refractivity (Wildman–Crippen MR) is 83.7 cm³/mol. The van der Waals surface area contributed by atoms with E-state index in [4.69, 9.17) is 4.74 Å². The highest BCUT2D eigenvalue weighted by atomic mass is 16.6. The zero-order valence-electron chi connectivity index (χ0n) is 13.3. The minimum Gasteiger partial charge on any atom is -0.444 e. The molecule has 4 nitrogen and oxygen atoms in total. The number of ether oxygens (including phenoxy) is 1. The summed E-state index contributed by atoms with van der Waals surface area (Å²) < 4.78 is 5.50. The van der Waals surface area contributed by atoms with Crippen molar-refractivity contribution in [3.05, 3.63) is 29.8 Å². The van der Waals surface area contributed by atoms with E-state index in [0.717, 1.165) is 26.1 Å². The van der Waals surface area contributed by atoms with Crippen molar-refractivity contribution >= 4 is 11.8 Å². The largest absolute Gasteiger partial charge is 0.444 e. The van der Waals surface area contributed by atoms with Crippen molar-refractivity contribution in [2.45, 2.75) is 45.3 Å². The van der Waals surface area contributed by atoms with Crippen LogP contribution < -0.4 is 4.90 Å².